The van der Waals surface area contributed by atoms with E-state index >= 15 is 0 Å². The van der Waals surface area contributed by atoms with Crippen LogP contribution in [0.15, 0.2) is 36.5 Å². The van der Waals surface area contributed by atoms with Crippen molar-refractivity contribution in [3.63, 3.8) is 0 Å². The molecule has 1 aliphatic heterocycles. The molecule has 0 spiro atoms. The Morgan fingerprint density at radius 1 is 1.25 bits per heavy atom. The maximum Gasteiger partial charge on any atom is 0.273 e. The molecule has 2 aromatic rings. The lowest BCUT2D eigenvalue weighted by atomic mass is 10.1. The zero-order valence-corrected chi connectivity index (χ0v) is 11.1. The van der Waals surface area contributed by atoms with Crippen LogP contribution in [0.5, 0.6) is 0 Å². The Hall–Kier alpha value is -2.21. The summed E-state index contributed by atoms with van der Waals surface area (Å²) in [6, 6.07) is 9.77. The molecule has 1 aromatic heterocycles. The number of aromatic nitrogens is 3. The van der Waals surface area contributed by atoms with Gasteiger partial charge in [-0.2, -0.15) is 9.90 Å². The number of carbonyl (C=O) groups is 1. The zero-order chi connectivity index (χ0) is 13.8. The number of piperidine rings is 1. The van der Waals surface area contributed by atoms with Crippen molar-refractivity contribution in [1.29, 1.82) is 0 Å². The van der Waals surface area contributed by atoms with Crippen LogP contribution in [0.3, 0.4) is 0 Å². The first-order chi connectivity index (χ1) is 9.83. The van der Waals surface area contributed by atoms with Crippen LogP contribution >= 0.6 is 0 Å². The van der Waals surface area contributed by atoms with Gasteiger partial charge in [0.1, 0.15) is 0 Å². The number of hydrogen-bond donors (Lipinski definition) is 2. The fourth-order valence-electron chi connectivity index (χ4n) is 2.28. The minimum absolute atomic E-state index is 0.154. The summed E-state index contributed by atoms with van der Waals surface area (Å²) < 4.78 is 0. The highest BCUT2D eigenvalue weighted by atomic mass is 16.2. The summed E-state index contributed by atoms with van der Waals surface area (Å²) in [4.78, 5) is 13.6. The van der Waals surface area contributed by atoms with Crippen LogP contribution in [0, 0.1) is 0 Å². The minimum atomic E-state index is -0.154. The van der Waals surface area contributed by atoms with Gasteiger partial charge in [0.05, 0.1) is 11.9 Å². The molecule has 0 atom stereocenters. The molecule has 104 valence electrons. The van der Waals surface area contributed by atoms with Gasteiger partial charge in [-0.05, 0) is 38.1 Å². The SMILES string of the molecule is O=C(NC1CCNCC1)c1cnn(-c2ccccc2)n1. The summed E-state index contributed by atoms with van der Waals surface area (Å²) in [5, 5.41) is 14.6. The predicted molar refractivity (Wildman–Crippen MR) is 74.7 cm³/mol. The van der Waals surface area contributed by atoms with E-state index in [1.54, 1.807) is 0 Å². The van der Waals surface area contributed by atoms with Gasteiger partial charge in [-0.25, -0.2) is 0 Å². The van der Waals surface area contributed by atoms with E-state index in [-0.39, 0.29) is 11.9 Å². The molecular weight excluding hydrogens is 254 g/mol. The molecule has 1 saturated heterocycles. The van der Waals surface area contributed by atoms with E-state index < -0.39 is 0 Å². The van der Waals surface area contributed by atoms with Gasteiger partial charge in [0.25, 0.3) is 5.91 Å². The first kappa shape index (κ1) is 12.8. The first-order valence-electron chi connectivity index (χ1n) is 6.82. The van der Waals surface area contributed by atoms with Gasteiger partial charge in [-0.15, -0.1) is 5.10 Å². The summed E-state index contributed by atoms with van der Waals surface area (Å²) in [5.74, 6) is -0.154. The predicted octanol–water partition coefficient (Wildman–Crippen LogP) is 0.749. The summed E-state index contributed by atoms with van der Waals surface area (Å²) in [7, 11) is 0. The maximum atomic E-state index is 12.1. The number of carbonyl (C=O) groups excluding carboxylic acids is 1. The Balaban J connectivity index is 1.68. The fraction of sp³-hybridized carbons (Fsp3) is 0.357. The van der Waals surface area contributed by atoms with E-state index in [1.165, 1.54) is 11.0 Å². The quantitative estimate of drug-likeness (QED) is 0.864. The fourth-order valence-corrected chi connectivity index (χ4v) is 2.28. The average Bonchev–Trinajstić information content (AvgIpc) is 2.99. The maximum absolute atomic E-state index is 12.1. The van der Waals surface area contributed by atoms with Crippen LogP contribution in [-0.4, -0.2) is 40.0 Å². The summed E-state index contributed by atoms with van der Waals surface area (Å²) in [5.41, 5.74) is 1.20. The lowest BCUT2D eigenvalue weighted by Gasteiger charge is -2.23. The molecular formula is C14H17N5O. The van der Waals surface area contributed by atoms with Gasteiger partial charge < -0.3 is 10.6 Å². The molecule has 1 amide bonds. The number of amides is 1. The molecule has 1 fully saturated rings. The van der Waals surface area contributed by atoms with E-state index in [1.807, 2.05) is 30.3 Å². The van der Waals surface area contributed by atoms with Gasteiger partial charge in [0, 0.05) is 6.04 Å². The number of benzene rings is 1. The topological polar surface area (TPSA) is 71.8 Å². The van der Waals surface area contributed by atoms with Gasteiger partial charge in [0.15, 0.2) is 5.69 Å². The van der Waals surface area contributed by atoms with Crippen LogP contribution in [0.1, 0.15) is 23.3 Å². The third kappa shape index (κ3) is 2.85. The molecule has 3 rings (SSSR count). The Kier molecular flexibility index (Phi) is 3.73. The van der Waals surface area contributed by atoms with Crippen LogP contribution < -0.4 is 10.6 Å². The standard InChI is InChI=1S/C14H17N5O/c20-14(17-11-6-8-15-9-7-11)13-10-16-19(18-13)12-4-2-1-3-5-12/h1-5,10-11,15H,6-9H2,(H,17,20). The highest BCUT2D eigenvalue weighted by Gasteiger charge is 2.18. The van der Waals surface area contributed by atoms with Crippen molar-refractivity contribution in [2.24, 2.45) is 0 Å². The lowest BCUT2D eigenvalue weighted by molar-refractivity contribution is 0.0924. The summed E-state index contributed by atoms with van der Waals surface area (Å²) in [6.07, 6.45) is 3.42. The van der Waals surface area contributed by atoms with E-state index in [0.29, 0.717) is 5.69 Å². The molecule has 0 aliphatic carbocycles. The number of rotatable bonds is 3. The summed E-state index contributed by atoms with van der Waals surface area (Å²) in [6.45, 7) is 1.89. The molecule has 0 saturated carbocycles. The van der Waals surface area contributed by atoms with E-state index in [0.717, 1.165) is 31.6 Å². The van der Waals surface area contributed by atoms with Crippen molar-refractivity contribution < 1.29 is 4.79 Å². The van der Waals surface area contributed by atoms with Crippen LogP contribution in [0.2, 0.25) is 0 Å². The second-order valence-corrected chi connectivity index (χ2v) is 4.85. The van der Waals surface area contributed by atoms with Crippen LogP contribution in [-0.2, 0) is 0 Å². The smallest absolute Gasteiger partial charge is 0.273 e. The molecule has 2 heterocycles. The molecule has 1 aromatic carbocycles. The Morgan fingerprint density at radius 3 is 2.75 bits per heavy atom. The van der Waals surface area contributed by atoms with Gasteiger partial charge in [-0.3, -0.25) is 4.79 Å². The number of nitrogens with one attached hydrogen (secondary N) is 2. The van der Waals surface area contributed by atoms with Gasteiger partial charge >= 0.3 is 0 Å². The Labute approximate surface area is 117 Å². The molecule has 6 heteroatoms. The van der Waals surface area contributed by atoms with Crippen molar-refractivity contribution in [2.45, 2.75) is 18.9 Å². The number of nitrogens with zero attached hydrogens (tertiary/aromatic N) is 3. The van der Waals surface area contributed by atoms with Crippen LogP contribution in [0.4, 0.5) is 0 Å². The third-order valence-electron chi connectivity index (χ3n) is 3.39. The lowest BCUT2D eigenvalue weighted by Crippen LogP contribution is -2.42. The average molecular weight is 271 g/mol. The molecule has 0 radical (unpaired) electrons. The zero-order valence-electron chi connectivity index (χ0n) is 11.1. The van der Waals surface area contributed by atoms with Crippen molar-refractivity contribution in [2.75, 3.05) is 13.1 Å². The first-order valence-corrected chi connectivity index (χ1v) is 6.82. The van der Waals surface area contributed by atoms with Crippen LogP contribution in [0.25, 0.3) is 5.69 Å². The number of hydrogen-bond acceptors (Lipinski definition) is 4. The van der Waals surface area contributed by atoms with Crippen molar-refractivity contribution >= 4 is 5.91 Å². The minimum Gasteiger partial charge on any atom is -0.348 e. The molecule has 1 aliphatic rings. The van der Waals surface area contributed by atoms with Gasteiger partial charge in [-0.1, -0.05) is 18.2 Å². The third-order valence-corrected chi connectivity index (χ3v) is 3.39. The second-order valence-electron chi connectivity index (χ2n) is 4.85. The van der Waals surface area contributed by atoms with E-state index in [4.69, 9.17) is 0 Å². The van der Waals surface area contributed by atoms with Crippen molar-refractivity contribution in [1.82, 2.24) is 25.6 Å². The Morgan fingerprint density at radius 2 is 2.00 bits per heavy atom. The molecule has 6 nitrogen and oxygen atoms in total. The summed E-state index contributed by atoms with van der Waals surface area (Å²) >= 11 is 0. The highest BCUT2D eigenvalue weighted by Crippen LogP contribution is 2.06. The van der Waals surface area contributed by atoms with E-state index in [2.05, 4.69) is 20.8 Å². The molecule has 0 bridgehead atoms. The Bertz CT molecular complexity index is 574. The monoisotopic (exact) mass is 271 g/mol. The molecule has 2 N–H and O–H groups in total. The van der Waals surface area contributed by atoms with Crippen molar-refractivity contribution in [3.8, 4) is 5.69 Å². The highest BCUT2D eigenvalue weighted by molar-refractivity contribution is 5.92. The second kappa shape index (κ2) is 5.83. The van der Waals surface area contributed by atoms with Crippen molar-refractivity contribution in [3.05, 3.63) is 42.2 Å². The van der Waals surface area contributed by atoms with Gasteiger partial charge in [0.2, 0.25) is 0 Å². The molecule has 0 unspecified atom stereocenters. The normalized spacial score (nSPS) is 16.0. The largest absolute Gasteiger partial charge is 0.348 e. The van der Waals surface area contributed by atoms with E-state index in [9.17, 15) is 4.79 Å². The number of para-hydroxylation sites is 1. The molecule has 20 heavy (non-hydrogen) atoms.